The molecule has 0 aliphatic carbocycles. The molecular weight excluding hydrogens is 913 g/mol. The molecule has 0 radical (unpaired) electrons. The Morgan fingerprint density at radius 3 is 0.878 bits per heavy atom. The highest BCUT2D eigenvalue weighted by molar-refractivity contribution is 5.71. The standard InChI is InChI=1S/C68H114O6/c1-4-7-10-13-16-19-22-25-27-29-30-31-32-33-34-35-36-37-38-39-41-43-46-49-52-55-58-61-67(70)73-64-65(63-72-66(69)60-57-54-51-48-45-42-24-21-18-15-12-9-6-3)74-68(71)62-59-56-53-50-47-44-40-28-26-23-20-17-14-11-8-5-2/h7,10,12,15-16,19,21,24-25,27,30-31,33-34,36-37,39,41,65H,4-6,8-9,11,13-14,17-18,20,22-23,26,28-29,32,35,38,40,42-64H2,1-3H3/b10-7-,15-12-,19-16-,24-21-,27-25-,31-30-,34-33-,37-36-,41-39-. The van der Waals surface area contributed by atoms with Crippen molar-refractivity contribution in [3.8, 4) is 0 Å². The maximum atomic E-state index is 12.9. The lowest BCUT2D eigenvalue weighted by molar-refractivity contribution is -0.167. The molecule has 0 heterocycles. The SMILES string of the molecule is CC/C=C\C/C=C\C/C=C\C/C=C\C/C=C\C/C=C\C/C=C\CCCCCCCC(=O)OCC(COC(=O)CCCCCCC/C=C\C/C=C\CCC)OC(=O)CCCCCCCCCCCCCCCCCC. The summed E-state index contributed by atoms with van der Waals surface area (Å²) in [6.07, 6.45) is 83.7. The average Bonchev–Trinajstić information content (AvgIpc) is 3.40. The molecular formula is C68H114O6. The number of ether oxygens (including phenoxy) is 3. The van der Waals surface area contributed by atoms with Gasteiger partial charge in [0.2, 0.25) is 0 Å². The third-order valence-corrected chi connectivity index (χ3v) is 13.0. The first-order valence-electron chi connectivity index (χ1n) is 30.9. The Balaban J connectivity index is 4.37. The molecule has 0 bridgehead atoms. The molecule has 0 saturated carbocycles. The molecule has 74 heavy (non-hydrogen) atoms. The predicted molar refractivity (Wildman–Crippen MR) is 320 cm³/mol. The van der Waals surface area contributed by atoms with Crippen LogP contribution in [0, 0.1) is 0 Å². The van der Waals surface area contributed by atoms with Crippen LogP contribution in [0.4, 0.5) is 0 Å². The van der Waals surface area contributed by atoms with Crippen molar-refractivity contribution in [2.45, 2.75) is 290 Å². The van der Waals surface area contributed by atoms with E-state index in [-0.39, 0.29) is 31.1 Å². The zero-order valence-electron chi connectivity index (χ0n) is 48.3. The zero-order chi connectivity index (χ0) is 53.6. The quantitative estimate of drug-likeness (QED) is 0.0261. The summed E-state index contributed by atoms with van der Waals surface area (Å²) in [6.45, 7) is 6.45. The van der Waals surface area contributed by atoms with Crippen molar-refractivity contribution in [2.75, 3.05) is 13.2 Å². The van der Waals surface area contributed by atoms with Gasteiger partial charge in [0.1, 0.15) is 13.2 Å². The van der Waals surface area contributed by atoms with Gasteiger partial charge in [-0.05, 0) is 103 Å². The van der Waals surface area contributed by atoms with E-state index >= 15 is 0 Å². The summed E-state index contributed by atoms with van der Waals surface area (Å²) in [7, 11) is 0. The van der Waals surface area contributed by atoms with E-state index in [9.17, 15) is 14.4 Å². The van der Waals surface area contributed by atoms with Gasteiger partial charge in [-0.3, -0.25) is 14.4 Å². The van der Waals surface area contributed by atoms with Crippen LogP contribution in [0.1, 0.15) is 284 Å². The van der Waals surface area contributed by atoms with E-state index < -0.39 is 6.10 Å². The Morgan fingerprint density at radius 1 is 0.284 bits per heavy atom. The highest BCUT2D eigenvalue weighted by Gasteiger charge is 2.19. The minimum Gasteiger partial charge on any atom is -0.462 e. The molecule has 6 nitrogen and oxygen atoms in total. The first kappa shape index (κ1) is 70.1. The van der Waals surface area contributed by atoms with Gasteiger partial charge in [-0.2, -0.15) is 0 Å². The first-order chi connectivity index (χ1) is 36.5. The molecule has 0 aliphatic rings. The Hall–Kier alpha value is -3.93. The second kappa shape index (κ2) is 61.6. The number of rotatable bonds is 55. The van der Waals surface area contributed by atoms with E-state index in [0.717, 1.165) is 154 Å². The largest absolute Gasteiger partial charge is 0.462 e. The summed E-state index contributed by atoms with van der Waals surface area (Å²) in [5.41, 5.74) is 0. The molecule has 0 rings (SSSR count). The molecule has 0 aromatic carbocycles. The van der Waals surface area contributed by atoms with Gasteiger partial charge in [-0.25, -0.2) is 0 Å². The molecule has 1 atom stereocenters. The molecule has 0 N–H and O–H groups in total. The number of hydrogen-bond donors (Lipinski definition) is 0. The van der Waals surface area contributed by atoms with Gasteiger partial charge in [0.05, 0.1) is 0 Å². The van der Waals surface area contributed by atoms with Crippen molar-refractivity contribution >= 4 is 17.9 Å². The van der Waals surface area contributed by atoms with Crippen LogP contribution >= 0.6 is 0 Å². The van der Waals surface area contributed by atoms with Gasteiger partial charge in [0, 0.05) is 19.3 Å². The van der Waals surface area contributed by atoms with Crippen LogP contribution < -0.4 is 0 Å². The molecule has 6 heteroatoms. The third-order valence-electron chi connectivity index (χ3n) is 13.0. The van der Waals surface area contributed by atoms with Crippen LogP contribution in [0.25, 0.3) is 0 Å². The topological polar surface area (TPSA) is 78.9 Å². The Kier molecular flexibility index (Phi) is 58.3. The Bertz CT molecular complexity index is 1510. The zero-order valence-corrected chi connectivity index (χ0v) is 48.3. The molecule has 0 aromatic rings. The fourth-order valence-corrected chi connectivity index (χ4v) is 8.40. The van der Waals surface area contributed by atoms with Gasteiger partial charge < -0.3 is 14.2 Å². The van der Waals surface area contributed by atoms with E-state index in [4.69, 9.17) is 14.2 Å². The van der Waals surface area contributed by atoms with Crippen LogP contribution in [-0.4, -0.2) is 37.2 Å². The van der Waals surface area contributed by atoms with E-state index in [1.54, 1.807) is 0 Å². The summed E-state index contributed by atoms with van der Waals surface area (Å²) >= 11 is 0. The molecule has 0 aliphatic heterocycles. The average molecular weight is 1030 g/mol. The normalized spacial score (nSPS) is 12.9. The number of hydrogen-bond acceptors (Lipinski definition) is 6. The number of carbonyl (C=O) groups is 3. The molecule has 0 saturated heterocycles. The van der Waals surface area contributed by atoms with Crippen molar-refractivity contribution in [1.29, 1.82) is 0 Å². The fraction of sp³-hybridized carbons (Fsp3) is 0.691. The summed E-state index contributed by atoms with van der Waals surface area (Å²) in [4.78, 5) is 38.2. The molecule has 1 unspecified atom stereocenters. The molecule has 0 spiro atoms. The summed E-state index contributed by atoms with van der Waals surface area (Å²) in [6, 6.07) is 0. The fourth-order valence-electron chi connectivity index (χ4n) is 8.40. The van der Waals surface area contributed by atoms with Crippen molar-refractivity contribution < 1.29 is 28.6 Å². The lowest BCUT2D eigenvalue weighted by Gasteiger charge is -2.18. The summed E-state index contributed by atoms with van der Waals surface area (Å²) in [5, 5.41) is 0. The lowest BCUT2D eigenvalue weighted by atomic mass is 10.0. The highest BCUT2D eigenvalue weighted by Crippen LogP contribution is 2.16. The van der Waals surface area contributed by atoms with E-state index in [1.165, 1.54) is 89.9 Å². The van der Waals surface area contributed by atoms with Crippen LogP contribution in [0.3, 0.4) is 0 Å². The predicted octanol–water partition coefficient (Wildman–Crippen LogP) is 21.0. The maximum absolute atomic E-state index is 12.9. The molecule has 0 fully saturated rings. The third kappa shape index (κ3) is 59.0. The van der Waals surface area contributed by atoms with E-state index in [0.29, 0.717) is 19.3 Å². The first-order valence-corrected chi connectivity index (χ1v) is 30.9. The Morgan fingerprint density at radius 2 is 0.554 bits per heavy atom. The van der Waals surface area contributed by atoms with Gasteiger partial charge in [0.25, 0.3) is 0 Å². The van der Waals surface area contributed by atoms with E-state index in [2.05, 4.69) is 130 Å². The minimum absolute atomic E-state index is 0.0907. The van der Waals surface area contributed by atoms with Crippen LogP contribution in [-0.2, 0) is 28.6 Å². The number of unbranched alkanes of at least 4 members (excludes halogenated alkanes) is 26. The highest BCUT2D eigenvalue weighted by atomic mass is 16.6. The van der Waals surface area contributed by atoms with Crippen molar-refractivity contribution in [2.24, 2.45) is 0 Å². The van der Waals surface area contributed by atoms with Crippen molar-refractivity contribution in [1.82, 2.24) is 0 Å². The van der Waals surface area contributed by atoms with Gasteiger partial charge >= 0.3 is 17.9 Å². The monoisotopic (exact) mass is 1030 g/mol. The number of esters is 3. The molecule has 0 aromatic heterocycles. The Labute approximate surface area is 457 Å². The van der Waals surface area contributed by atoms with Gasteiger partial charge in [0.15, 0.2) is 6.10 Å². The second-order valence-corrected chi connectivity index (χ2v) is 20.2. The molecule has 0 amide bonds. The van der Waals surface area contributed by atoms with Crippen LogP contribution in [0.5, 0.6) is 0 Å². The summed E-state index contributed by atoms with van der Waals surface area (Å²) < 4.78 is 16.9. The minimum atomic E-state index is -0.793. The lowest BCUT2D eigenvalue weighted by Crippen LogP contribution is -2.30. The number of allylic oxidation sites excluding steroid dienone is 18. The van der Waals surface area contributed by atoms with E-state index in [1.807, 2.05) is 0 Å². The van der Waals surface area contributed by atoms with Crippen LogP contribution in [0.15, 0.2) is 109 Å². The van der Waals surface area contributed by atoms with Crippen LogP contribution in [0.2, 0.25) is 0 Å². The van der Waals surface area contributed by atoms with Crippen molar-refractivity contribution in [3.05, 3.63) is 109 Å². The van der Waals surface area contributed by atoms with Crippen molar-refractivity contribution in [3.63, 3.8) is 0 Å². The second-order valence-electron chi connectivity index (χ2n) is 20.2. The maximum Gasteiger partial charge on any atom is 0.306 e. The number of carbonyl (C=O) groups excluding carboxylic acids is 3. The smallest absolute Gasteiger partial charge is 0.306 e. The van der Waals surface area contributed by atoms with Gasteiger partial charge in [-0.15, -0.1) is 0 Å². The van der Waals surface area contributed by atoms with Gasteiger partial charge in [-0.1, -0.05) is 271 Å². The molecule has 422 valence electrons. The summed E-state index contributed by atoms with van der Waals surface area (Å²) in [5.74, 6) is -0.916.